The summed E-state index contributed by atoms with van der Waals surface area (Å²) in [6.07, 6.45) is 1.82. The molecule has 2 aromatic rings. The Kier molecular flexibility index (Phi) is 3.17. The van der Waals surface area contributed by atoms with Crippen LogP contribution in [0.15, 0.2) is 36.5 Å². The molecule has 1 unspecified atom stereocenters. The normalized spacial score (nSPS) is 13.2. The summed E-state index contributed by atoms with van der Waals surface area (Å²) in [5, 5.41) is 1.15. The summed E-state index contributed by atoms with van der Waals surface area (Å²) >= 11 is 0. The number of hydrazine groups is 1. The molecule has 3 heteroatoms. The van der Waals surface area contributed by atoms with Crippen molar-refractivity contribution in [3.8, 4) is 0 Å². The average Bonchev–Trinajstić information content (AvgIpc) is 2.30. The molecule has 0 amide bonds. The predicted molar refractivity (Wildman–Crippen MR) is 66.6 cm³/mol. The van der Waals surface area contributed by atoms with Crippen LogP contribution in [0.3, 0.4) is 0 Å². The van der Waals surface area contributed by atoms with Gasteiger partial charge in [0.1, 0.15) is 0 Å². The van der Waals surface area contributed by atoms with Gasteiger partial charge in [0.15, 0.2) is 0 Å². The van der Waals surface area contributed by atoms with E-state index in [1.54, 1.807) is 0 Å². The largest absolute Gasteiger partial charge is 0.271 e. The Morgan fingerprint density at radius 2 is 1.94 bits per heavy atom. The molecule has 3 N–H and O–H groups in total. The van der Waals surface area contributed by atoms with Gasteiger partial charge < -0.3 is 0 Å². The van der Waals surface area contributed by atoms with Crippen molar-refractivity contribution in [1.82, 2.24) is 10.4 Å². The number of hydrogen-bond acceptors (Lipinski definition) is 3. The summed E-state index contributed by atoms with van der Waals surface area (Å²) < 4.78 is 0. The van der Waals surface area contributed by atoms with Gasteiger partial charge in [0, 0.05) is 11.6 Å². The van der Waals surface area contributed by atoms with E-state index in [0.717, 1.165) is 16.5 Å². The first-order valence-corrected chi connectivity index (χ1v) is 5.54. The molecule has 0 radical (unpaired) electrons. The van der Waals surface area contributed by atoms with Crippen LogP contribution >= 0.6 is 0 Å². The lowest BCUT2D eigenvalue weighted by atomic mass is 9.94. The Morgan fingerprint density at radius 3 is 2.62 bits per heavy atom. The zero-order valence-electron chi connectivity index (χ0n) is 9.64. The summed E-state index contributed by atoms with van der Waals surface area (Å²) in [7, 11) is 0. The molecule has 3 nitrogen and oxygen atoms in total. The number of nitrogens with one attached hydrogen (secondary N) is 1. The number of nitrogens with zero attached hydrogens (tertiary/aromatic N) is 1. The van der Waals surface area contributed by atoms with E-state index >= 15 is 0 Å². The molecule has 0 aliphatic carbocycles. The summed E-state index contributed by atoms with van der Waals surface area (Å²) in [6, 6.07) is 10.4. The summed E-state index contributed by atoms with van der Waals surface area (Å²) in [4.78, 5) is 4.44. The van der Waals surface area contributed by atoms with Crippen molar-refractivity contribution in [2.24, 2.45) is 11.8 Å². The highest BCUT2D eigenvalue weighted by Crippen LogP contribution is 2.26. The lowest BCUT2D eigenvalue weighted by Crippen LogP contribution is -2.31. The summed E-state index contributed by atoms with van der Waals surface area (Å²) in [6.45, 7) is 4.29. The number of nitrogens with two attached hydrogens (primary N) is 1. The lowest BCUT2D eigenvalue weighted by molar-refractivity contribution is 0.423. The summed E-state index contributed by atoms with van der Waals surface area (Å²) in [5.41, 5.74) is 5.06. The smallest absolute Gasteiger partial charge is 0.0750 e. The second-order valence-electron chi connectivity index (χ2n) is 4.31. The predicted octanol–water partition coefficient (Wildman–Crippen LogP) is 2.40. The van der Waals surface area contributed by atoms with E-state index in [1.807, 2.05) is 18.3 Å². The molecule has 16 heavy (non-hydrogen) atoms. The average molecular weight is 215 g/mol. The third-order valence-electron chi connectivity index (χ3n) is 2.85. The number of para-hydroxylation sites is 1. The van der Waals surface area contributed by atoms with Gasteiger partial charge in [-0.05, 0) is 17.5 Å². The van der Waals surface area contributed by atoms with Crippen molar-refractivity contribution in [2.75, 3.05) is 0 Å². The number of fused-ring (bicyclic) bond motifs is 1. The quantitative estimate of drug-likeness (QED) is 0.610. The van der Waals surface area contributed by atoms with Gasteiger partial charge in [-0.3, -0.25) is 16.3 Å². The van der Waals surface area contributed by atoms with Gasteiger partial charge in [0.05, 0.1) is 11.6 Å². The van der Waals surface area contributed by atoms with Crippen molar-refractivity contribution >= 4 is 10.9 Å². The Labute approximate surface area is 95.7 Å². The molecule has 1 heterocycles. The number of rotatable bonds is 3. The highest BCUT2D eigenvalue weighted by Gasteiger charge is 2.16. The van der Waals surface area contributed by atoms with Crippen molar-refractivity contribution in [2.45, 2.75) is 19.9 Å². The van der Waals surface area contributed by atoms with Crippen LogP contribution in [0.2, 0.25) is 0 Å². The molecule has 2 rings (SSSR count). The maximum Gasteiger partial charge on any atom is 0.0750 e. The van der Waals surface area contributed by atoms with Crippen LogP contribution in [0.25, 0.3) is 10.9 Å². The molecular weight excluding hydrogens is 198 g/mol. The summed E-state index contributed by atoms with van der Waals surface area (Å²) in [5.74, 6) is 6.05. The Balaban J connectivity index is 2.59. The zero-order valence-corrected chi connectivity index (χ0v) is 9.64. The third-order valence-corrected chi connectivity index (χ3v) is 2.85. The third kappa shape index (κ3) is 1.92. The number of aromatic nitrogens is 1. The Bertz CT molecular complexity index is 474. The van der Waals surface area contributed by atoms with Gasteiger partial charge in [-0.25, -0.2) is 0 Å². The van der Waals surface area contributed by atoms with Crippen LogP contribution < -0.4 is 11.3 Å². The van der Waals surface area contributed by atoms with Crippen molar-refractivity contribution in [1.29, 1.82) is 0 Å². The van der Waals surface area contributed by atoms with Crippen LogP contribution in [-0.2, 0) is 0 Å². The molecule has 0 aliphatic heterocycles. The molecule has 1 aromatic heterocycles. The van der Waals surface area contributed by atoms with E-state index in [0.29, 0.717) is 5.92 Å². The molecule has 0 saturated carbocycles. The number of hydrogen-bond donors (Lipinski definition) is 2. The van der Waals surface area contributed by atoms with Crippen LogP contribution in [0.5, 0.6) is 0 Å². The van der Waals surface area contributed by atoms with Gasteiger partial charge in [-0.1, -0.05) is 38.1 Å². The fraction of sp³-hybridized carbons (Fsp3) is 0.308. The zero-order chi connectivity index (χ0) is 11.5. The van der Waals surface area contributed by atoms with Crippen molar-refractivity contribution < 1.29 is 0 Å². The standard InChI is InChI=1S/C13H17N3/c1-9(2)12(16-14)11-7-3-5-10-6-4-8-15-13(10)11/h3-9,12,16H,14H2,1-2H3. The number of pyridine rings is 1. The van der Waals surface area contributed by atoms with Crippen LogP contribution in [0.1, 0.15) is 25.5 Å². The van der Waals surface area contributed by atoms with E-state index in [2.05, 4.69) is 42.5 Å². The maximum absolute atomic E-state index is 5.62. The second-order valence-corrected chi connectivity index (χ2v) is 4.31. The van der Waals surface area contributed by atoms with E-state index in [1.165, 1.54) is 0 Å². The minimum Gasteiger partial charge on any atom is -0.271 e. The van der Waals surface area contributed by atoms with Crippen molar-refractivity contribution in [3.63, 3.8) is 0 Å². The Hall–Kier alpha value is -1.45. The SMILES string of the molecule is CC(C)C(NN)c1cccc2cccnc12. The number of benzene rings is 1. The lowest BCUT2D eigenvalue weighted by Gasteiger charge is -2.21. The van der Waals surface area contributed by atoms with Crippen LogP contribution in [-0.4, -0.2) is 4.98 Å². The van der Waals surface area contributed by atoms with Gasteiger partial charge in [-0.15, -0.1) is 0 Å². The fourth-order valence-corrected chi connectivity index (χ4v) is 2.02. The molecule has 0 spiro atoms. The van der Waals surface area contributed by atoms with Gasteiger partial charge in [0.2, 0.25) is 0 Å². The molecule has 1 atom stereocenters. The van der Waals surface area contributed by atoms with Crippen molar-refractivity contribution in [3.05, 3.63) is 42.1 Å². The molecule has 84 valence electrons. The highest BCUT2D eigenvalue weighted by atomic mass is 15.2. The maximum atomic E-state index is 5.62. The van der Waals surface area contributed by atoms with E-state index < -0.39 is 0 Å². The van der Waals surface area contributed by atoms with E-state index in [4.69, 9.17) is 5.84 Å². The topological polar surface area (TPSA) is 50.9 Å². The van der Waals surface area contributed by atoms with Gasteiger partial charge in [0.25, 0.3) is 0 Å². The highest BCUT2D eigenvalue weighted by molar-refractivity contribution is 5.82. The van der Waals surface area contributed by atoms with Gasteiger partial charge >= 0.3 is 0 Å². The Morgan fingerprint density at radius 1 is 1.19 bits per heavy atom. The van der Waals surface area contributed by atoms with Gasteiger partial charge in [-0.2, -0.15) is 0 Å². The monoisotopic (exact) mass is 215 g/mol. The van der Waals surface area contributed by atoms with E-state index in [-0.39, 0.29) is 6.04 Å². The molecular formula is C13H17N3. The molecule has 0 aliphatic rings. The molecule has 0 saturated heterocycles. The first-order valence-electron chi connectivity index (χ1n) is 5.54. The fourth-order valence-electron chi connectivity index (χ4n) is 2.02. The molecule has 0 fully saturated rings. The minimum absolute atomic E-state index is 0.138. The second kappa shape index (κ2) is 4.60. The van der Waals surface area contributed by atoms with Crippen LogP contribution in [0, 0.1) is 5.92 Å². The first kappa shape index (κ1) is 11.0. The van der Waals surface area contributed by atoms with E-state index in [9.17, 15) is 0 Å². The minimum atomic E-state index is 0.138. The van der Waals surface area contributed by atoms with Crippen LogP contribution in [0.4, 0.5) is 0 Å². The molecule has 0 bridgehead atoms. The first-order chi connectivity index (χ1) is 7.74. The molecule has 1 aromatic carbocycles.